The number of pyridine rings is 1. The molecule has 1 aromatic heterocycles. The first-order valence-electron chi connectivity index (χ1n) is 7.70. The lowest BCUT2D eigenvalue weighted by Crippen LogP contribution is -2.36. The van der Waals surface area contributed by atoms with Crippen molar-refractivity contribution in [3.63, 3.8) is 0 Å². The van der Waals surface area contributed by atoms with Crippen molar-refractivity contribution in [1.29, 1.82) is 0 Å². The zero-order valence-corrected chi connectivity index (χ0v) is 13.3. The molecule has 0 amide bonds. The Morgan fingerprint density at radius 2 is 2.05 bits per heavy atom. The van der Waals surface area contributed by atoms with Crippen molar-refractivity contribution in [2.75, 3.05) is 0 Å². The van der Waals surface area contributed by atoms with Crippen LogP contribution in [-0.4, -0.2) is 16.2 Å². The average molecular weight is 336 g/mol. The predicted molar refractivity (Wildman–Crippen MR) is 85.1 cm³/mol. The highest BCUT2D eigenvalue weighted by Crippen LogP contribution is 2.44. The molecule has 0 saturated heterocycles. The van der Waals surface area contributed by atoms with Gasteiger partial charge in [0.25, 0.3) is 0 Å². The monoisotopic (exact) mass is 335 g/mol. The second-order valence-electron chi connectivity index (χ2n) is 6.26. The standard InChI is InChI=1S/C17H22BrNO/c18-14-6-8-15(19-11-14)7-5-13-10-16(20)9-12-3-1-2-4-17(12)13/h5-8,11-13,16-17,20H,1-4,9-10H2/t12-,13+,16-,17+/m0/s1. The Kier molecular flexibility index (Phi) is 4.57. The molecule has 2 fully saturated rings. The van der Waals surface area contributed by atoms with E-state index in [2.05, 4.69) is 33.1 Å². The molecule has 2 nitrogen and oxygen atoms in total. The minimum absolute atomic E-state index is 0.109. The average Bonchev–Trinajstić information content (AvgIpc) is 2.46. The molecule has 0 spiro atoms. The molecule has 2 aliphatic rings. The van der Waals surface area contributed by atoms with Crippen LogP contribution in [0, 0.1) is 17.8 Å². The van der Waals surface area contributed by atoms with Gasteiger partial charge in [-0.1, -0.05) is 25.3 Å². The van der Waals surface area contributed by atoms with E-state index in [0.717, 1.165) is 34.8 Å². The van der Waals surface area contributed by atoms with Gasteiger partial charge in [-0.2, -0.15) is 0 Å². The van der Waals surface area contributed by atoms with Crippen molar-refractivity contribution >= 4 is 22.0 Å². The van der Waals surface area contributed by atoms with Gasteiger partial charge in [0.1, 0.15) is 0 Å². The maximum Gasteiger partial charge on any atom is 0.0627 e. The molecule has 3 heteroatoms. The zero-order chi connectivity index (χ0) is 13.9. The van der Waals surface area contributed by atoms with Gasteiger partial charge in [0.15, 0.2) is 0 Å². The van der Waals surface area contributed by atoms with Crippen molar-refractivity contribution in [1.82, 2.24) is 4.98 Å². The predicted octanol–water partition coefficient (Wildman–Crippen LogP) is 4.43. The highest BCUT2D eigenvalue weighted by Gasteiger charge is 2.36. The minimum Gasteiger partial charge on any atom is -0.393 e. The number of hydrogen-bond acceptors (Lipinski definition) is 2. The van der Waals surface area contributed by atoms with E-state index in [9.17, 15) is 5.11 Å². The highest BCUT2D eigenvalue weighted by atomic mass is 79.9. The van der Waals surface area contributed by atoms with E-state index in [0.29, 0.717) is 5.92 Å². The van der Waals surface area contributed by atoms with Gasteiger partial charge in [-0.05, 0) is 71.2 Å². The summed E-state index contributed by atoms with van der Waals surface area (Å²) in [7, 11) is 0. The number of aliphatic hydroxyl groups is 1. The lowest BCUT2D eigenvalue weighted by atomic mass is 9.64. The van der Waals surface area contributed by atoms with E-state index < -0.39 is 0 Å². The Bertz CT molecular complexity index is 470. The molecule has 0 unspecified atom stereocenters. The Balaban J connectivity index is 1.72. The third kappa shape index (κ3) is 3.32. The zero-order valence-electron chi connectivity index (χ0n) is 11.7. The van der Waals surface area contributed by atoms with Crippen molar-refractivity contribution in [3.05, 3.63) is 34.6 Å². The molecule has 20 heavy (non-hydrogen) atoms. The maximum atomic E-state index is 10.1. The van der Waals surface area contributed by atoms with Gasteiger partial charge >= 0.3 is 0 Å². The van der Waals surface area contributed by atoms with Gasteiger partial charge in [-0.15, -0.1) is 0 Å². The lowest BCUT2D eigenvalue weighted by Gasteiger charge is -2.42. The molecular formula is C17H22BrNO. The molecule has 1 N–H and O–H groups in total. The van der Waals surface area contributed by atoms with Crippen LogP contribution in [0.25, 0.3) is 6.08 Å². The first-order chi connectivity index (χ1) is 9.72. The second kappa shape index (κ2) is 6.40. The molecule has 0 aliphatic heterocycles. The summed E-state index contributed by atoms with van der Waals surface area (Å²) in [4.78, 5) is 4.39. The van der Waals surface area contributed by atoms with Crippen LogP contribution in [0.2, 0.25) is 0 Å². The molecule has 0 aromatic carbocycles. The summed E-state index contributed by atoms with van der Waals surface area (Å²) >= 11 is 3.41. The molecule has 0 radical (unpaired) electrons. The van der Waals surface area contributed by atoms with Crippen molar-refractivity contribution in [3.8, 4) is 0 Å². The molecule has 1 heterocycles. The second-order valence-corrected chi connectivity index (χ2v) is 7.17. The van der Waals surface area contributed by atoms with Crippen LogP contribution in [0.15, 0.2) is 28.9 Å². The summed E-state index contributed by atoms with van der Waals surface area (Å²) in [5.74, 6) is 2.04. The fraction of sp³-hybridized carbons (Fsp3) is 0.588. The third-order valence-corrected chi connectivity index (χ3v) is 5.37. The topological polar surface area (TPSA) is 33.1 Å². The van der Waals surface area contributed by atoms with Crippen LogP contribution in [0.3, 0.4) is 0 Å². The van der Waals surface area contributed by atoms with Crippen LogP contribution in [0.1, 0.15) is 44.2 Å². The van der Waals surface area contributed by atoms with Gasteiger partial charge in [0.2, 0.25) is 0 Å². The van der Waals surface area contributed by atoms with Crippen LogP contribution in [-0.2, 0) is 0 Å². The minimum atomic E-state index is -0.109. The van der Waals surface area contributed by atoms with Crippen molar-refractivity contribution < 1.29 is 5.11 Å². The third-order valence-electron chi connectivity index (χ3n) is 4.90. The van der Waals surface area contributed by atoms with Crippen LogP contribution >= 0.6 is 15.9 Å². The fourth-order valence-corrected chi connectivity index (χ4v) is 4.19. The fourth-order valence-electron chi connectivity index (χ4n) is 3.96. The van der Waals surface area contributed by atoms with Gasteiger partial charge < -0.3 is 5.11 Å². The number of fused-ring (bicyclic) bond motifs is 1. The number of allylic oxidation sites excluding steroid dienone is 1. The molecule has 4 atom stereocenters. The summed E-state index contributed by atoms with van der Waals surface area (Å²) in [5.41, 5.74) is 1.00. The van der Waals surface area contributed by atoms with E-state index in [1.807, 2.05) is 18.3 Å². The Labute approximate surface area is 129 Å². The van der Waals surface area contributed by atoms with Crippen molar-refractivity contribution in [2.45, 2.75) is 44.6 Å². The number of rotatable bonds is 2. The van der Waals surface area contributed by atoms with Crippen LogP contribution in [0.4, 0.5) is 0 Å². The Morgan fingerprint density at radius 3 is 2.85 bits per heavy atom. The molecule has 108 valence electrons. The van der Waals surface area contributed by atoms with Gasteiger partial charge in [-0.25, -0.2) is 0 Å². The summed E-state index contributed by atoms with van der Waals surface area (Å²) in [6.07, 6.45) is 13.4. The Hall–Kier alpha value is -0.670. The number of hydrogen-bond donors (Lipinski definition) is 1. The highest BCUT2D eigenvalue weighted by molar-refractivity contribution is 9.10. The number of nitrogens with zero attached hydrogens (tertiary/aromatic N) is 1. The number of halogens is 1. The maximum absolute atomic E-state index is 10.1. The van der Waals surface area contributed by atoms with E-state index in [-0.39, 0.29) is 6.10 Å². The smallest absolute Gasteiger partial charge is 0.0627 e. The largest absolute Gasteiger partial charge is 0.393 e. The first-order valence-corrected chi connectivity index (χ1v) is 8.49. The first kappa shape index (κ1) is 14.3. The quantitative estimate of drug-likeness (QED) is 0.866. The number of aromatic nitrogens is 1. The van der Waals surface area contributed by atoms with E-state index in [1.54, 1.807) is 0 Å². The van der Waals surface area contributed by atoms with Gasteiger partial charge in [0.05, 0.1) is 11.8 Å². The van der Waals surface area contributed by atoms with Crippen LogP contribution < -0.4 is 0 Å². The van der Waals surface area contributed by atoms with Crippen LogP contribution in [0.5, 0.6) is 0 Å². The molecular weight excluding hydrogens is 314 g/mol. The molecule has 0 bridgehead atoms. The summed E-state index contributed by atoms with van der Waals surface area (Å²) in [6, 6.07) is 4.05. The summed E-state index contributed by atoms with van der Waals surface area (Å²) in [6.45, 7) is 0. The molecule has 1 aromatic rings. The van der Waals surface area contributed by atoms with E-state index in [1.165, 1.54) is 25.7 Å². The normalized spacial score (nSPS) is 34.1. The SMILES string of the molecule is O[C@H]1C[C@@H]2CCCC[C@H]2[C@H](C=Cc2ccc(Br)cn2)C1. The molecule has 3 rings (SSSR count). The lowest BCUT2D eigenvalue weighted by molar-refractivity contribution is 0.0232. The molecule has 2 aliphatic carbocycles. The van der Waals surface area contributed by atoms with Gasteiger partial charge in [0, 0.05) is 10.7 Å². The van der Waals surface area contributed by atoms with Gasteiger partial charge in [-0.3, -0.25) is 4.98 Å². The summed E-state index contributed by atoms with van der Waals surface area (Å²) in [5, 5.41) is 10.1. The molecule has 2 saturated carbocycles. The van der Waals surface area contributed by atoms with Crippen molar-refractivity contribution in [2.24, 2.45) is 17.8 Å². The summed E-state index contributed by atoms with van der Waals surface area (Å²) < 4.78 is 1.01. The van der Waals surface area contributed by atoms with E-state index in [4.69, 9.17) is 0 Å². The number of aliphatic hydroxyl groups excluding tert-OH is 1. The Morgan fingerprint density at radius 1 is 1.20 bits per heavy atom. The van der Waals surface area contributed by atoms with E-state index >= 15 is 0 Å².